The number of hydrogen-bond acceptors (Lipinski definition) is 2. The molecule has 0 aromatic heterocycles. The maximum absolute atomic E-state index is 6.17. The van der Waals surface area contributed by atoms with Crippen molar-refractivity contribution in [1.82, 2.24) is 0 Å². The lowest BCUT2D eigenvalue weighted by molar-refractivity contribution is 0.272. The van der Waals surface area contributed by atoms with E-state index < -0.39 is 8.32 Å². The third kappa shape index (κ3) is 4.23. The van der Waals surface area contributed by atoms with Gasteiger partial charge in [-0.05, 0) is 30.1 Å². The molecular weight excluding hydrogens is 238 g/mol. The Kier molecular flexibility index (Phi) is 5.14. The van der Waals surface area contributed by atoms with E-state index in [1.54, 1.807) is 0 Å². The average Bonchev–Trinajstić information content (AvgIpc) is 2.28. The highest BCUT2D eigenvalue weighted by molar-refractivity contribution is 6.74. The fraction of sp³-hybridized carbons (Fsp3) is 0.600. The Labute approximate surface area is 113 Å². The number of hydrogen-bond donors (Lipinski definition) is 1. The van der Waals surface area contributed by atoms with Crippen molar-refractivity contribution in [3.63, 3.8) is 0 Å². The Bertz CT molecular complexity index is 357. The highest BCUT2D eigenvalue weighted by atomic mass is 28.4. The molecule has 0 bridgehead atoms. The van der Waals surface area contributed by atoms with Crippen molar-refractivity contribution in [3.05, 3.63) is 35.9 Å². The first-order chi connectivity index (χ1) is 8.24. The Morgan fingerprint density at radius 2 is 1.72 bits per heavy atom. The zero-order valence-corrected chi connectivity index (χ0v) is 13.4. The summed E-state index contributed by atoms with van der Waals surface area (Å²) in [5.74, 6) is 0. The van der Waals surface area contributed by atoms with Crippen LogP contribution in [-0.2, 0) is 4.43 Å². The number of benzene rings is 1. The maximum atomic E-state index is 6.17. The Morgan fingerprint density at radius 3 is 2.22 bits per heavy atom. The van der Waals surface area contributed by atoms with Crippen molar-refractivity contribution < 1.29 is 4.43 Å². The topological polar surface area (TPSA) is 35.2 Å². The summed E-state index contributed by atoms with van der Waals surface area (Å²) in [4.78, 5) is 0. The first-order valence-electron chi connectivity index (χ1n) is 6.68. The molecule has 1 aromatic rings. The molecule has 2 nitrogen and oxygen atoms in total. The van der Waals surface area contributed by atoms with Crippen LogP contribution in [0.2, 0.25) is 18.1 Å². The molecule has 0 unspecified atom stereocenters. The normalized spacial score (nSPS) is 14.6. The molecule has 18 heavy (non-hydrogen) atoms. The van der Waals surface area contributed by atoms with Crippen LogP contribution in [0.1, 0.15) is 38.8 Å². The zero-order chi connectivity index (χ0) is 13.8. The highest BCUT2D eigenvalue weighted by Gasteiger charge is 2.36. The minimum atomic E-state index is -1.63. The summed E-state index contributed by atoms with van der Waals surface area (Å²) in [5.41, 5.74) is 7.36. The molecule has 102 valence electrons. The summed E-state index contributed by atoms with van der Waals surface area (Å²) in [7, 11) is -1.63. The van der Waals surface area contributed by atoms with Crippen LogP contribution in [-0.4, -0.2) is 14.9 Å². The maximum Gasteiger partial charge on any atom is 0.191 e. The smallest absolute Gasteiger partial charge is 0.191 e. The molecule has 3 heteroatoms. The van der Waals surface area contributed by atoms with E-state index in [0.717, 1.165) is 13.0 Å². The molecule has 0 saturated heterocycles. The SMILES string of the molecule is CC(C)(C)[Si](C)(C)OCC[C@@H](N)c1ccccc1. The van der Waals surface area contributed by atoms with E-state index in [1.165, 1.54) is 5.56 Å². The van der Waals surface area contributed by atoms with Gasteiger partial charge < -0.3 is 10.2 Å². The predicted octanol–water partition coefficient (Wildman–Crippen LogP) is 4.10. The van der Waals surface area contributed by atoms with Crippen molar-refractivity contribution in [1.29, 1.82) is 0 Å². The second kappa shape index (κ2) is 6.00. The Balaban J connectivity index is 2.43. The monoisotopic (exact) mass is 265 g/mol. The van der Waals surface area contributed by atoms with Gasteiger partial charge in [0.25, 0.3) is 0 Å². The van der Waals surface area contributed by atoms with Gasteiger partial charge in [-0.15, -0.1) is 0 Å². The van der Waals surface area contributed by atoms with Crippen LogP contribution >= 0.6 is 0 Å². The van der Waals surface area contributed by atoms with Crippen LogP contribution in [0.15, 0.2) is 30.3 Å². The van der Waals surface area contributed by atoms with E-state index in [1.807, 2.05) is 18.2 Å². The fourth-order valence-corrected chi connectivity index (χ4v) is 2.59. The Morgan fingerprint density at radius 1 is 1.17 bits per heavy atom. The van der Waals surface area contributed by atoms with E-state index in [2.05, 4.69) is 46.0 Å². The van der Waals surface area contributed by atoms with Crippen LogP contribution in [0.4, 0.5) is 0 Å². The van der Waals surface area contributed by atoms with Crippen molar-refractivity contribution in [3.8, 4) is 0 Å². The van der Waals surface area contributed by atoms with E-state index in [0.29, 0.717) is 0 Å². The first-order valence-corrected chi connectivity index (χ1v) is 9.59. The first kappa shape index (κ1) is 15.4. The van der Waals surface area contributed by atoms with E-state index >= 15 is 0 Å². The van der Waals surface area contributed by atoms with Gasteiger partial charge in [0.05, 0.1) is 0 Å². The van der Waals surface area contributed by atoms with Crippen LogP contribution in [0.25, 0.3) is 0 Å². The molecule has 0 aliphatic carbocycles. The second-order valence-electron chi connectivity index (χ2n) is 6.41. The van der Waals surface area contributed by atoms with Crippen molar-refractivity contribution in [2.45, 2.75) is 51.4 Å². The predicted molar refractivity (Wildman–Crippen MR) is 81.1 cm³/mol. The van der Waals surface area contributed by atoms with Gasteiger partial charge >= 0.3 is 0 Å². The molecular formula is C15H27NOSi. The van der Waals surface area contributed by atoms with E-state index in [4.69, 9.17) is 10.2 Å². The second-order valence-corrected chi connectivity index (χ2v) is 11.2. The zero-order valence-electron chi connectivity index (χ0n) is 12.4. The van der Waals surface area contributed by atoms with Crippen molar-refractivity contribution in [2.75, 3.05) is 6.61 Å². The van der Waals surface area contributed by atoms with E-state index in [9.17, 15) is 0 Å². The van der Waals surface area contributed by atoms with Gasteiger partial charge in [0.1, 0.15) is 0 Å². The molecule has 1 aromatic carbocycles. The van der Waals surface area contributed by atoms with Gasteiger partial charge in [-0.1, -0.05) is 51.1 Å². The summed E-state index contributed by atoms with van der Waals surface area (Å²) in [5, 5.41) is 0.268. The van der Waals surface area contributed by atoms with Crippen LogP contribution in [0.3, 0.4) is 0 Å². The minimum Gasteiger partial charge on any atom is -0.417 e. The summed E-state index contributed by atoms with van der Waals surface area (Å²) >= 11 is 0. The quantitative estimate of drug-likeness (QED) is 0.814. The lowest BCUT2D eigenvalue weighted by Gasteiger charge is -2.36. The lowest BCUT2D eigenvalue weighted by Crippen LogP contribution is -2.41. The lowest BCUT2D eigenvalue weighted by atomic mass is 10.1. The molecule has 0 amide bonds. The number of rotatable bonds is 5. The molecule has 0 aliphatic rings. The molecule has 2 N–H and O–H groups in total. The molecule has 1 atom stereocenters. The molecule has 0 radical (unpaired) electrons. The Hall–Kier alpha value is -0.643. The third-order valence-electron chi connectivity index (χ3n) is 3.93. The standard InChI is InChI=1S/C15H27NOSi/c1-15(2,3)18(4,5)17-12-11-14(16)13-9-7-6-8-10-13/h6-10,14H,11-12,16H2,1-5H3/t14-/m1/s1. The molecule has 1 rings (SSSR count). The summed E-state index contributed by atoms with van der Waals surface area (Å²) in [6, 6.07) is 10.3. The number of nitrogens with two attached hydrogens (primary N) is 1. The van der Waals surface area contributed by atoms with Gasteiger partial charge in [0, 0.05) is 12.6 Å². The van der Waals surface area contributed by atoms with Crippen LogP contribution in [0, 0.1) is 0 Å². The molecule has 0 heterocycles. The van der Waals surface area contributed by atoms with Crippen LogP contribution < -0.4 is 5.73 Å². The largest absolute Gasteiger partial charge is 0.417 e. The van der Waals surface area contributed by atoms with Gasteiger partial charge in [0.15, 0.2) is 8.32 Å². The molecule has 0 aliphatic heterocycles. The summed E-state index contributed by atoms with van der Waals surface area (Å²) < 4.78 is 6.14. The molecule has 0 saturated carbocycles. The fourth-order valence-electron chi connectivity index (χ4n) is 1.52. The summed E-state index contributed by atoms with van der Waals surface area (Å²) in [6.07, 6.45) is 0.885. The van der Waals surface area contributed by atoms with E-state index in [-0.39, 0.29) is 11.1 Å². The minimum absolute atomic E-state index is 0.0796. The average molecular weight is 265 g/mol. The van der Waals surface area contributed by atoms with Crippen LogP contribution in [0.5, 0.6) is 0 Å². The van der Waals surface area contributed by atoms with Gasteiger partial charge in [-0.25, -0.2) is 0 Å². The van der Waals surface area contributed by atoms with Gasteiger partial charge in [-0.2, -0.15) is 0 Å². The van der Waals surface area contributed by atoms with Crippen molar-refractivity contribution >= 4 is 8.32 Å². The third-order valence-corrected chi connectivity index (χ3v) is 8.46. The highest BCUT2D eigenvalue weighted by Crippen LogP contribution is 2.36. The summed E-state index contributed by atoms with van der Waals surface area (Å²) in [6.45, 7) is 12.1. The van der Waals surface area contributed by atoms with Gasteiger partial charge in [-0.3, -0.25) is 0 Å². The van der Waals surface area contributed by atoms with Gasteiger partial charge in [0.2, 0.25) is 0 Å². The molecule has 0 spiro atoms. The molecule has 0 fully saturated rings. The van der Waals surface area contributed by atoms with Crippen molar-refractivity contribution in [2.24, 2.45) is 5.73 Å².